The predicted octanol–water partition coefficient (Wildman–Crippen LogP) is 4.03. The Morgan fingerprint density at radius 3 is 2.59 bits per heavy atom. The van der Waals surface area contributed by atoms with Gasteiger partial charge < -0.3 is 15.1 Å². The molecule has 1 aromatic heterocycles. The molecule has 0 saturated carbocycles. The van der Waals surface area contributed by atoms with Crippen LogP contribution in [0.15, 0.2) is 53.7 Å². The van der Waals surface area contributed by atoms with Gasteiger partial charge in [0.2, 0.25) is 17.8 Å². The number of hydrogen-bond acceptors (Lipinski definition) is 6. The van der Waals surface area contributed by atoms with E-state index < -0.39 is 0 Å². The van der Waals surface area contributed by atoms with Crippen LogP contribution in [0.1, 0.15) is 31.7 Å². The van der Waals surface area contributed by atoms with E-state index in [1.165, 1.54) is 17.3 Å². The third kappa shape index (κ3) is 4.40. The van der Waals surface area contributed by atoms with Gasteiger partial charge in [-0.15, -0.1) is 10.2 Å². The van der Waals surface area contributed by atoms with E-state index in [1.807, 2.05) is 35.8 Å². The van der Waals surface area contributed by atoms with Gasteiger partial charge in [-0.05, 0) is 51.0 Å². The Kier molecular flexibility index (Phi) is 6.28. The number of aromatic nitrogens is 3. The van der Waals surface area contributed by atoms with Crippen LogP contribution < -0.4 is 15.1 Å². The number of nitrogens with zero attached hydrogens (tertiary/aromatic N) is 5. The Balaban J connectivity index is 1.42. The van der Waals surface area contributed by atoms with Gasteiger partial charge >= 0.3 is 0 Å². The predicted molar refractivity (Wildman–Crippen MR) is 135 cm³/mol. The third-order valence-electron chi connectivity index (χ3n) is 6.25. The van der Waals surface area contributed by atoms with Crippen LogP contribution in [0.4, 0.5) is 17.3 Å². The number of hydrogen-bond donors (Lipinski definition) is 1. The first kappa shape index (κ1) is 22.5. The number of fused-ring (bicyclic) bond motifs is 1. The second kappa shape index (κ2) is 9.50. The molecule has 2 aromatic carbocycles. The number of thioether (sulfide) groups is 1. The Bertz CT molecular complexity index is 1200. The monoisotopic (exact) mass is 476 g/mol. The third-order valence-corrected chi connectivity index (χ3v) is 7.16. The van der Waals surface area contributed by atoms with Crippen LogP contribution in [0.5, 0.6) is 0 Å². The molecule has 5 rings (SSSR count). The molecule has 34 heavy (non-hydrogen) atoms. The number of rotatable bonds is 5. The summed E-state index contributed by atoms with van der Waals surface area (Å²) in [6.45, 7) is 5.88. The Labute approximate surface area is 203 Å². The molecule has 0 aliphatic carbocycles. The molecule has 0 bridgehead atoms. The zero-order valence-corrected chi connectivity index (χ0v) is 20.2. The van der Waals surface area contributed by atoms with Crippen molar-refractivity contribution in [3.8, 4) is 5.69 Å². The summed E-state index contributed by atoms with van der Waals surface area (Å²) in [6, 6.07) is 15.5. The van der Waals surface area contributed by atoms with Crippen LogP contribution in [0.2, 0.25) is 0 Å². The van der Waals surface area contributed by atoms with Gasteiger partial charge in [0.05, 0.1) is 22.8 Å². The first-order valence-corrected chi connectivity index (χ1v) is 12.6. The zero-order chi connectivity index (χ0) is 23.7. The quantitative estimate of drug-likeness (QED) is 0.560. The van der Waals surface area contributed by atoms with Crippen LogP contribution >= 0.6 is 11.8 Å². The minimum absolute atomic E-state index is 0.0670. The fraction of sp³-hybridized carbons (Fsp3) is 0.360. The first-order valence-electron chi connectivity index (χ1n) is 11.6. The lowest BCUT2D eigenvalue weighted by molar-refractivity contribution is -0.117. The van der Waals surface area contributed by atoms with E-state index >= 15 is 0 Å². The van der Waals surface area contributed by atoms with E-state index in [1.54, 1.807) is 4.90 Å². The van der Waals surface area contributed by atoms with Gasteiger partial charge in [0.1, 0.15) is 0 Å². The molecular formula is C25H28N6O2S. The van der Waals surface area contributed by atoms with Crippen molar-refractivity contribution in [1.82, 2.24) is 14.8 Å². The summed E-state index contributed by atoms with van der Waals surface area (Å²) < 4.78 is 2.05. The minimum Gasteiger partial charge on any atom is -0.341 e. The molecule has 2 aliphatic rings. The summed E-state index contributed by atoms with van der Waals surface area (Å²) in [7, 11) is 0. The van der Waals surface area contributed by atoms with Crippen LogP contribution in [-0.2, 0) is 9.59 Å². The van der Waals surface area contributed by atoms with Crippen molar-refractivity contribution in [2.75, 3.05) is 34.0 Å². The molecule has 9 heteroatoms. The second-order valence-electron chi connectivity index (χ2n) is 8.82. The van der Waals surface area contributed by atoms with Crippen LogP contribution in [0.25, 0.3) is 5.69 Å². The fourth-order valence-corrected chi connectivity index (χ4v) is 5.37. The van der Waals surface area contributed by atoms with E-state index in [9.17, 15) is 9.59 Å². The molecule has 176 valence electrons. The standard InChI is InChI=1S/C25H28N6O2S/c1-17-9-11-19(12-10-17)31-24(29-13-5-6-14-29)27-28-25(31)34-16-23(33)30-18(2)15-22(32)26-20-7-3-4-8-21(20)30/h3-4,7-12,18H,5-6,13-16H2,1-2H3,(H,26,32)/t18-/m0/s1. The zero-order valence-electron chi connectivity index (χ0n) is 19.4. The summed E-state index contributed by atoms with van der Waals surface area (Å²) in [5.74, 6) is 0.858. The molecule has 2 amide bonds. The molecule has 1 atom stereocenters. The maximum atomic E-state index is 13.5. The maximum Gasteiger partial charge on any atom is 0.237 e. The molecule has 2 aliphatic heterocycles. The smallest absolute Gasteiger partial charge is 0.237 e. The highest BCUT2D eigenvalue weighted by Crippen LogP contribution is 2.33. The van der Waals surface area contributed by atoms with Gasteiger partial charge in [0.25, 0.3) is 0 Å². The average Bonchev–Trinajstić information content (AvgIpc) is 3.47. The lowest BCUT2D eigenvalue weighted by atomic mass is 10.2. The summed E-state index contributed by atoms with van der Waals surface area (Å²) in [6.07, 6.45) is 2.53. The van der Waals surface area contributed by atoms with Crippen molar-refractivity contribution >= 4 is 40.9 Å². The van der Waals surface area contributed by atoms with Crippen molar-refractivity contribution in [2.24, 2.45) is 0 Å². The topological polar surface area (TPSA) is 83.4 Å². The number of carbonyl (C=O) groups is 2. The van der Waals surface area contributed by atoms with Gasteiger partial charge in [-0.2, -0.15) is 0 Å². The van der Waals surface area contributed by atoms with Crippen molar-refractivity contribution < 1.29 is 9.59 Å². The summed E-state index contributed by atoms with van der Waals surface area (Å²) >= 11 is 1.38. The largest absolute Gasteiger partial charge is 0.341 e. The molecular weight excluding hydrogens is 448 g/mol. The average molecular weight is 477 g/mol. The lowest BCUT2D eigenvalue weighted by Gasteiger charge is -2.27. The van der Waals surface area contributed by atoms with E-state index in [2.05, 4.69) is 51.6 Å². The van der Waals surface area contributed by atoms with Gasteiger partial charge in [-0.1, -0.05) is 41.6 Å². The first-order chi connectivity index (χ1) is 16.5. The molecule has 0 spiro atoms. The van der Waals surface area contributed by atoms with Crippen molar-refractivity contribution in [2.45, 2.75) is 44.3 Å². The molecule has 1 fully saturated rings. The van der Waals surface area contributed by atoms with Gasteiger partial charge in [0, 0.05) is 25.6 Å². The number of benzene rings is 2. The molecule has 0 radical (unpaired) electrons. The van der Waals surface area contributed by atoms with Crippen LogP contribution in [-0.4, -0.2) is 51.5 Å². The molecule has 8 nitrogen and oxygen atoms in total. The number of carbonyl (C=O) groups excluding carboxylic acids is 2. The van der Waals surface area contributed by atoms with Crippen molar-refractivity contribution in [3.05, 3.63) is 54.1 Å². The fourth-order valence-electron chi connectivity index (χ4n) is 4.56. The summed E-state index contributed by atoms with van der Waals surface area (Å²) in [5, 5.41) is 12.6. The normalized spacial score (nSPS) is 17.9. The Morgan fingerprint density at radius 1 is 1.09 bits per heavy atom. The minimum atomic E-state index is -0.244. The number of amides is 2. The number of nitrogens with one attached hydrogen (secondary N) is 1. The molecule has 0 unspecified atom stereocenters. The Hall–Kier alpha value is -3.33. The van der Waals surface area contributed by atoms with E-state index in [0.717, 1.165) is 43.3 Å². The summed E-state index contributed by atoms with van der Waals surface area (Å²) in [4.78, 5) is 29.7. The lowest BCUT2D eigenvalue weighted by Crippen LogP contribution is -2.40. The highest BCUT2D eigenvalue weighted by Gasteiger charge is 2.30. The van der Waals surface area contributed by atoms with Crippen molar-refractivity contribution in [3.63, 3.8) is 0 Å². The highest BCUT2D eigenvalue weighted by molar-refractivity contribution is 7.99. The van der Waals surface area contributed by atoms with Gasteiger partial charge in [-0.25, -0.2) is 0 Å². The van der Waals surface area contributed by atoms with Crippen LogP contribution in [0, 0.1) is 6.92 Å². The second-order valence-corrected chi connectivity index (χ2v) is 9.76. The van der Waals surface area contributed by atoms with E-state index in [0.29, 0.717) is 10.8 Å². The van der Waals surface area contributed by atoms with E-state index in [4.69, 9.17) is 0 Å². The van der Waals surface area contributed by atoms with Gasteiger partial charge in [0.15, 0.2) is 5.16 Å². The molecule has 3 heterocycles. The van der Waals surface area contributed by atoms with Gasteiger partial charge in [-0.3, -0.25) is 14.2 Å². The van der Waals surface area contributed by atoms with E-state index in [-0.39, 0.29) is 30.0 Å². The highest BCUT2D eigenvalue weighted by atomic mass is 32.2. The SMILES string of the molecule is Cc1ccc(-n2c(SCC(=O)N3c4ccccc4NC(=O)C[C@@H]3C)nnc2N2CCCC2)cc1. The number of aryl methyl sites for hydroxylation is 1. The van der Waals surface area contributed by atoms with Crippen molar-refractivity contribution in [1.29, 1.82) is 0 Å². The summed E-state index contributed by atoms with van der Waals surface area (Å²) in [5.41, 5.74) is 3.55. The van der Waals surface area contributed by atoms with Crippen LogP contribution in [0.3, 0.4) is 0 Å². The Morgan fingerprint density at radius 2 is 1.82 bits per heavy atom. The number of anilines is 3. The molecule has 3 aromatic rings. The molecule has 1 saturated heterocycles. The number of para-hydroxylation sites is 2. The maximum absolute atomic E-state index is 13.5. The molecule has 1 N–H and O–H groups in total.